The minimum absolute atomic E-state index is 0.0599. The number of phenols is 2. The normalized spacial score (nSPS) is 12.0. The number of para-hydroxylation sites is 1. The number of hydrogen-bond donors (Lipinski definition) is 2. The summed E-state index contributed by atoms with van der Waals surface area (Å²) in [5.74, 6) is 0.639. The van der Waals surface area contributed by atoms with Gasteiger partial charge in [0.15, 0.2) is 24.4 Å². The predicted octanol–water partition coefficient (Wildman–Crippen LogP) is 9.71. The topological polar surface area (TPSA) is 115 Å². The summed E-state index contributed by atoms with van der Waals surface area (Å²) in [6.07, 6.45) is 0. The molecule has 12 heteroatoms. The molecule has 0 aliphatic carbocycles. The van der Waals surface area contributed by atoms with Gasteiger partial charge >= 0.3 is 5.51 Å². The fourth-order valence-electron chi connectivity index (χ4n) is 4.94. The molecule has 8 rings (SSSR count). The fraction of sp³-hybridized carbons (Fsp3) is 0.0270. The fourth-order valence-corrected chi connectivity index (χ4v) is 8.71. The highest BCUT2D eigenvalue weighted by Gasteiger charge is 2.37. The van der Waals surface area contributed by atoms with Crippen molar-refractivity contribution in [3.63, 3.8) is 0 Å². The Balaban J connectivity index is 0.000000140. The molecule has 0 saturated carbocycles. The zero-order valence-electron chi connectivity index (χ0n) is 25.3. The molecule has 0 atom stereocenters. The quantitative estimate of drug-likeness (QED) is 0.0992. The van der Waals surface area contributed by atoms with Crippen molar-refractivity contribution in [3.05, 3.63) is 152 Å². The minimum Gasteiger partial charge on any atom is -0.741 e. The van der Waals surface area contributed by atoms with Gasteiger partial charge in [-0.15, -0.1) is 0 Å². The standard InChI is InChI=1S/C18H12OS.C12H8OS.C6H6O.CHF3O3S/c19-13-9-11-14(12-10-13)20-17-7-3-1-5-15(17)16-6-2-4-8-18(16)20;13-14-11-7-3-1-5-9(11)10-6-2-4-8-12(10)14;7-6-4-2-1-3-5-6;2-1(3,4)8(5,6)7/h1-12H;1-8H;1-5,7H;(H,5,6,7). The molecule has 0 saturated heterocycles. The van der Waals surface area contributed by atoms with Crippen molar-refractivity contribution in [2.75, 3.05) is 0 Å². The highest BCUT2D eigenvalue weighted by Crippen LogP contribution is 2.48. The summed E-state index contributed by atoms with van der Waals surface area (Å²) in [7, 11) is -7.12. The van der Waals surface area contributed by atoms with E-state index in [0.29, 0.717) is 11.5 Å². The molecule has 0 unspecified atom stereocenters. The first-order valence-electron chi connectivity index (χ1n) is 14.4. The molecule has 0 bridgehead atoms. The molecular formula is C37H27F3O6S3. The van der Waals surface area contributed by atoms with Gasteiger partial charge in [-0.25, -0.2) is 12.6 Å². The van der Waals surface area contributed by atoms with E-state index in [4.69, 9.17) is 18.1 Å². The minimum atomic E-state index is -6.09. The lowest BCUT2D eigenvalue weighted by Gasteiger charge is -2.08. The van der Waals surface area contributed by atoms with E-state index in [0.717, 1.165) is 20.9 Å². The van der Waals surface area contributed by atoms with Crippen LogP contribution in [0.5, 0.6) is 11.5 Å². The zero-order chi connectivity index (χ0) is 35.2. The van der Waals surface area contributed by atoms with Crippen molar-refractivity contribution in [1.82, 2.24) is 0 Å². The summed E-state index contributed by atoms with van der Waals surface area (Å²) in [4.78, 5) is 3.13. The van der Waals surface area contributed by atoms with E-state index < -0.39 is 26.4 Å². The Bertz CT molecular complexity index is 2240. The predicted molar refractivity (Wildman–Crippen MR) is 187 cm³/mol. The molecule has 0 fully saturated rings. The van der Waals surface area contributed by atoms with E-state index in [1.807, 2.05) is 66.7 Å². The third-order valence-corrected chi connectivity index (χ3v) is 11.5. The summed E-state index contributed by atoms with van der Waals surface area (Å²) in [6.45, 7) is 0. The van der Waals surface area contributed by atoms with Crippen molar-refractivity contribution >= 4 is 51.6 Å². The van der Waals surface area contributed by atoms with E-state index >= 15 is 0 Å². The van der Waals surface area contributed by atoms with Crippen molar-refractivity contribution in [2.24, 2.45) is 0 Å². The van der Waals surface area contributed by atoms with Crippen molar-refractivity contribution in [3.8, 4) is 27.5 Å². The van der Waals surface area contributed by atoms with Gasteiger partial charge < -0.3 is 14.8 Å². The van der Waals surface area contributed by atoms with Gasteiger partial charge in [-0.1, -0.05) is 78.9 Å². The number of alkyl halides is 3. The van der Waals surface area contributed by atoms with Gasteiger partial charge in [-0.05, 0) is 71.8 Å². The first kappa shape index (κ1) is 35.3. The second-order valence-corrected chi connectivity index (χ2v) is 15.0. The number of halogens is 3. The molecule has 1 aromatic heterocycles. The number of aromatic hydroxyl groups is 2. The maximum absolute atomic E-state index is 12.0. The molecule has 49 heavy (non-hydrogen) atoms. The van der Waals surface area contributed by atoms with Crippen LogP contribution in [0.15, 0.2) is 161 Å². The van der Waals surface area contributed by atoms with Crippen LogP contribution in [0.25, 0.3) is 36.2 Å². The van der Waals surface area contributed by atoms with E-state index in [1.54, 1.807) is 36.4 Å². The van der Waals surface area contributed by atoms with Gasteiger partial charge in [0.1, 0.15) is 11.5 Å². The van der Waals surface area contributed by atoms with Crippen LogP contribution in [0.4, 0.5) is 13.2 Å². The third-order valence-electron chi connectivity index (χ3n) is 7.08. The summed E-state index contributed by atoms with van der Waals surface area (Å²) in [5, 5.41) is 20.8. The van der Waals surface area contributed by atoms with Gasteiger partial charge in [0.05, 0.1) is 20.6 Å². The Hall–Kier alpha value is -5.01. The molecule has 0 radical (unpaired) electrons. The van der Waals surface area contributed by atoms with E-state index in [1.165, 1.54) is 25.1 Å². The average Bonchev–Trinajstić information content (AvgIpc) is 3.58. The molecule has 0 amide bonds. The molecule has 6 nitrogen and oxygen atoms in total. The van der Waals surface area contributed by atoms with Gasteiger partial charge in [-0.2, -0.15) is 13.2 Å². The van der Waals surface area contributed by atoms with Crippen LogP contribution in [-0.4, -0.2) is 32.9 Å². The summed E-state index contributed by atoms with van der Waals surface area (Å²) >= 11 is 0. The Morgan fingerprint density at radius 1 is 0.551 bits per heavy atom. The Kier molecular flexibility index (Phi) is 10.8. The number of rotatable bonds is 1. The second kappa shape index (κ2) is 15.0. The molecule has 1 aliphatic heterocycles. The van der Waals surface area contributed by atoms with Gasteiger partial charge in [0, 0.05) is 33.4 Å². The van der Waals surface area contributed by atoms with Crippen LogP contribution in [0, 0.1) is 0 Å². The van der Waals surface area contributed by atoms with E-state index in [9.17, 15) is 22.5 Å². The molecule has 6 aromatic carbocycles. The summed E-state index contributed by atoms with van der Waals surface area (Å²) < 4.78 is 73.7. The summed E-state index contributed by atoms with van der Waals surface area (Å²) in [5.41, 5.74) is -3.42. The van der Waals surface area contributed by atoms with Crippen LogP contribution < -0.4 is 0 Å². The van der Waals surface area contributed by atoms with Crippen LogP contribution in [-0.2, 0) is 20.9 Å². The number of fused-ring (bicyclic) bond motifs is 6. The highest BCUT2D eigenvalue weighted by atomic mass is 32.2. The smallest absolute Gasteiger partial charge is 0.485 e. The molecule has 1 aliphatic rings. The number of benzene rings is 6. The molecule has 250 valence electrons. The van der Waals surface area contributed by atoms with Crippen LogP contribution in [0.2, 0.25) is 0 Å². The Morgan fingerprint density at radius 3 is 1.33 bits per heavy atom. The SMILES string of the molecule is O=S(=O)([O-])C(F)(F)F.O=S1c2ccccc2-c2ccccc21.Oc1ccc(-[s+]2c3ccccc3c3ccccc32)cc1.Oc1ccccc1. The van der Waals surface area contributed by atoms with Crippen molar-refractivity contribution in [1.29, 1.82) is 0 Å². The maximum Gasteiger partial charge on any atom is 0.485 e. The van der Waals surface area contributed by atoms with Crippen molar-refractivity contribution < 1.29 is 40.6 Å². The number of thiophene rings is 1. The highest BCUT2D eigenvalue weighted by molar-refractivity contribution is 7.86. The Morgan fingerprint density at radius 2 is 0.918 bits per heavy atom. The second-order valence-electron chi connectivity index (χ2n) is 10.3. The van der Waals surface area contributed by atoms with Gasteiger partial charge in [0.25, 0.3) is 0 Å². The molecule has 2 N–H and O–H groups in total. The van der Waals surface area contributed by atoms with Crippen LogP contribution in [0.3, 0.4) is 0 Å². The molecule has 2 heterocycles. The lowest BCUT2D eigenvalue weighted by molar-refractivity contribution is -0.0517. The monoisotopic (exact) mass is 720 g/mol. The molecule has 7 aromatic rings. The lowest BCUT2D eigenvalue weighted by atomic mass is 10.1. The summed E-state index contributed by atoms with van der Waals surface area (Å²) in [6, 6.07) is 49.3. The largest absolute Gasteiger partial charge is 0.741 e. The van der Waals surface area contributed by atoms with Crippen LogP contribution >= 0.6 is 10.5 Å². The average molecular weight is 721 g/mol. The number of phenolic OH excluding ortho intramolecular Hbond substituents is 2. The first-order chi connectivity index (χ1) is 23.4. The van der Waals surface area contributed by atoms with Gasteiger partial charge in [0.2, 0.25) is 0 Å². The van der Waals surface area contributed by atoms with E-state index in [-0.39, 0.29) is 10.5 Å². The Labute approximate surface area is 285 Å². The number of hydrogen-bond acceptors (Lipinski definition) is 6. The van der Waals surface area contributed by atoms with Crippen LogP contribution in [0.1, 0.15) is 0 Å². The third kappa shape index (κ3) is 8.18. The zero-order valence-corrected chi connectivity index (χ0v) is 27.8. The lowest BCUT2D eigenvalue weighted by Crippen LogP contribution is -2.21. The first-order valence-corrected chi connectivity index (χ1v) is 18.2. The van der Waals surface area contributed by atoms with E-state index in [2.05, 4.69) is 48.5 Å². The molecule has 0 spiro atoms. The molecular weight excluding hydrogens is 694 g/mol. The van der Waals surface area contributed by atoms with Crippen molar-refractivity contribution in [2.45, 2.75) is 15.3 Å². The van der Waals surface area contributed by atoms with Gasteiger partial charge in [-0.3, -0.25) is 0 Å². The maximum atomic E-state index is 12.0.